The molecule has 0 saturated heterocycles. The summed E-state index contributed by atoms with van der Waals surface area (Å²) in [6.07, 6.45) is 2.68. The predicted molar refractivity (Wildman–Crippen MR) is 74.8 cm³/mol. The van der Waals surface area contributed by atoms with Crippen molar-refractivity contribution in [2.24, 2.45) is 5.92 Å². The molecule has 1 aromatic rings. The Morgan fingerprint density at radius 2 is 2.00 bits per heavy atom. The Bertz CT molecular complexity index is 522. The molecule has 0 aliphatic heterocycles. The van der Waals surface area contributed by atoms with Gasteiger partial charge in [-0.2, -0.15) is 0 Å². The molecule has 2 N–H and O–H groups in total. The van der Waals surface area contributed by atoms with Crippen LogP contribution in [0.4, 0.5) is 11.4 Å². The van der Waals surface area contributed by atoms with Gasteiger partial charge in [0.25, 0.3) is 5.69 Å². The van der Waals surface area contributed by atoms with Gasteiger partial charge in [-0.05, 0) is 44.2 Å². The number of aliphatic carboxylic acids is 1. The van der Waals surface area contributed by atoms with Crippen molar-refractivity contribution >= 4 is 17.3 Å². The van der Waals surface area contributed by atoms with Crippen molar-refractivity contribution in [3.63, 3.8) is 0 Å². The van der Waals surface area contributed by atoms with E-state index in [2.05, 4.69) is 5.32 Å². The number of hydrogen-bond acceptors (Lipinski definition) is 4. The Hall–Kier alpha value is -2.11. The average Bonchev–Trinajstić information content (AvgIpc) is 2.41. The van der Waals surface area contributed by atoms with Crippen LogP contribution in [0.2, 0.25) is 0 Å². The normalized spacial score (nSPS) is 22.2. The van der Waals surface area contributed by atoms with Crippen LogP contribution in [-0.4, -0.2) is 22.0 Å². The fourth-order valence-corrected chi connectivity index (χ4v) is 2.62. The summed E-state index contributed by atoms with van der Waals surface area (Å²) in [7, 11) is 0. The fourth-order valence-electron chi connectivity index (χ4n) is 2.62. The van der Waals surface area contributed by atoms with Gasteiger partial charge in [-0.3, -0.25) is 14.9 Å². The summed E-state index contributed by atoms with van der Waals surface area (Å²) >= 11 is 0. The van der Waals surface area contributed by atoms with E-state index in [-0.39, 0.29) is 17.6 Å². The van der Waals surface area contributed by atoms with Crippen LogP contribution in [0.1, 0.15) is 31.2 Å². The molecule has 2 rings (SSSR count). The summed E-state index contributed by atoms with van der Waals surface area (Å²) in [5, 5.41) is 23.2. The zero-order valence-electron chi connectivity index (χ0n) is 11.3. The van der Waals surface area contributed by atoms with Crippen molar-refractivity contribution in [3.05, 3.63) is 33.9 Å². The van der Waals surface area contributed by atoms with Gasteiger partial charge in [0.2, 0.25) is 0 Å². The standard InChI is InChI=1S/C14H18N2O4/c1-9-2-7-12(13(8-9)16(19)20)15-11-5-3-10(4-6-11)14(17)18/h2,7-8,10-11,15H,3-6H2,1H3,(H,17,18). The van der Waals surface area contributed by atoms with Crippen LogP contribution in [-0.2, 0) is 4.79 Å². The van der Waals surface area contributed by atoms with Gasteiger partial charge in [0, 0.05) is 12.1 Å². The highest BCUT2D eigenvalue weighted by molar-refractivity contribution is 5.70. The van der Waals surface area contributed by atoms with Gasteiger partial charge in [0.1, 0.15) is 5.69 Å². The number of carboxylic acids is 1. The molecule has 6 heteroatoms. The SMILES string of the molecule is Cc1ccc(NC2CCC(C(=O)O)CC2)c([N+](=O)[O-])c1. The molecule has 6 nitrogen and oxygen atoms in total. The van der Waals surface area contributed by atoms with Crippen LogP contribution in [0.5, 0.6) is 0 Å². The molecule has 0 radical (unpaired) electrons. The van der Waals surface area contributed by atoms with Crippen LogP contribution in [0, 0.1) is 23.0 Å². The molecular weight excluding hydrogens is 260 g/mol. The van der Waals surface area contributed by atoms with Crippen molar-refractivity contribution in [1.82, 2.24) is 0 Å². The number of carboxylic acid groups (broad SMARTS) is 1. The van der Waals surface area contributed by atoms with E-state index in [1.807, 2.05) is 13.0 Å². The molecule has 1 fully saturated rings. The molecule has 0 aromatic heterocycles. The van der Waals surface area contributed by atoms with Gasteiger partial charge in [0.05, 0.1) is 10.8 Å². The van der Waals surface area contributed by atoms with Crippen LogP contribution in [0.25, 0.3) is 0 Å². The molecule has 0 amide bonds. The molecule has 1 aliphatic carbocycles. The van der Waals surface area contributed by atoms with E-state index >= 15 is 0 Å². The summed E-state index contributed by atoms with van der Waals surface area (Å²) in [4.78, 5) is 21.5. The Balaban J connectivity index is 2.04. The molecule has 0 heterocycles. The zero-order valence-corrected chi connectivity index (χ0v) is 11.3. The van der Waals surface area contributed by atoms with Crippen molar-refractivity contribution in [1.29, 1.82) is 0 Å². The molecule has 20 heavy (non-hydrogen) atoms. The number of aryl methyl sites for hydroxylation is 1. The number of nitro benzene ring substituents is 1. The summed E-state index contributed by atoms with van der Waals surface area (Å²) in [5.74, 6) is -1.02. The van der Waals surface area contributed by atoms with Crippen molar-refractivity contribution in [2.45, 2.75) is 38.6 Å². The first kappa shape index (κ1) is 14.3. The minimum atomic E-state index is -0.746. The monoisotopic (exact) mass is 278 g/mol. The fraction of sp³-hybridized carbons (Fsp3) is 0.500. The summed E-state index contributed by atoms with van der Waals surface area (Å²) in [6.45, 7) is 1.81. The van der Waals surface area contributed by atoms with E-state index in [9.17, 15) is 14.9 Å². The predicted octanol–water partition coefficient (Wildman–Crippen LogP) is 2.96. The lowest BCUT2D eigenvalue weighted by molar-refractivity contribution is -0.384. The highest BCUT2D eigenvalue weighted by Crippen LogP contribution is 2.31. The lowest BCUT2D eigenvalue weighted by Gasteiger charge is -2.27. The number of nitrogens with zero attached hydrogens (tertiary/aromatic N) is 1. The molecule has 108 valence electrons. The van der Waals surface area contributed by atoms with Crippen molar-refractivity contribution in [2.75, 3.05) is 5.32 Å². The van der Waals surface area contributed by atoms with Gasteiger partial charge in [-0.1, -0.05) is 6.07 Å². The van der Waals surface area contributed by atoms with Crippen molar-refractivity contribution < 1.29 is 14.8 Å². The second kappa shape index (κ2) is 5.90. The van der Waals surface area contributed by atoms with E-state index in [0.29, 0.717) is 18.5 Å². The van der Waals surface area contributed by atoms with Crippen LogP contribution < -0.4 is 5.32 Å². The first-order chi connectivity index (χ1) is 9.47. The summed E-state index contributed by atoms with van der Waals surface area (Å²) in [5.41, 5.74) is 1.43. The number of hydrogen-bond donors (Lipinski definition) is 2. The molecule has 0 atom stereocenters. The summed E-state index contributed by atoms with van der Waals surface area (Å²) in [6, 6.07) is 5.20. The number of anilines is 1. The van der Waals surface area contributed by atoms with Crippen molar-refractivity contribution in [3.8, 4) is 0 Å². The summed E-state index contributed by atoms with van der Waals surface area (Å²) < 4.78 is 0. The third-order valence-corrected chi connectivity index (χ3v) is 3.79. The lowest BCUT2D eigenvalue weighted by atomic mass is 9.86. The number of benzene rings is 1. The molecule has 0 spiro atoms. The Morgan fingerprint density at radius 3 is 2.55 bits per heavy atom. The third-order valence-electron chi connectivity index (χ3n) is 3.79. The first-order valence-corrected chi connectivity index (χ1v) is 6.71. The maximum Gasteiger partial charge on any atom is 0.306 e. The van der Waals surface area contributed by atoms with E-state index < -0.39 is 10.9 Å². The topological polar surface area (TPSA) is 92.5 Å². The Labute approximate surface area is 117 Å². The highest BCUT2D eigenvalue weighted by atomic mass is 16.6. The van der Waals surface area contributed by atoms with Gasteiger partial charge in [0.15, 0.2) is 0 Å². The number of carbonyl (C=O) groups is 1. The Kier molecular flexibility index (Phi) is 4.22. The molecule has 1 aromatic carbocycles. The second-order valence-corrected chi connectivity index (χ2v) is 5.31. The first-order valence-electron chi connectivity index (χ1n) is 6.71. The number of nitro groups is 1. The molecule has 1 saturated carbocycles. The smallest absolute Gasteiger partial charge is 0.306 e. The van der Waals surface area contributed by atoms with Gasteiger partial charge < -0.3 is 10.4 Å². The third kappa shape index (κ3) is 3.26. The van der Waals surface area contributed by atoms with Crippen LogP contribution in [0.15, 0.2) is 18.2 Å². The Morgan fingerprint density at radius 1 is 1.35 bits per heavy atom. The van der Waals surface area contributed by atoms with E-state index in [4.69, 9.17) is 5.11 Å². The minimum absolute atomic E-state index is 0.0744. The van der Waals surface area contributed by atoms with Gasteiger partial charge in [-0.15, -0.1) is 0 Å². The van der Waals surface area contributed by atoms with Gasteiger partial charge >= 0.3 is 5.97 Å². The molecular formula is C14H18N2O4. The quantitative estimate of drug-likeness (QED) is 0.652. The van der Waals surface area contributed by atoms with Gasteiger partial charge in [-0.25, -0.2) is 0 Å². The van der Waals surface area contributed by atoms with E-state index in [1.54, 1.807) is 12.1 Å². The lowest BCUT2D eigenvalue weighted by Crippen LogP contribution is -2.29. The molecule has 1 aliphatic rings. The van der Waals surface area contributed by atoms with Crippen LogP contribution in [0.3, 0.4) is 0 Å². The average molecular weight is 278 g/mol. The highest BCUT2D eigenvalue weighted by Gasteiger charge is 2.27. The van der Waals surface area contributed by atoms with Crippen LogP contribution >= 0.6 is 0 Å². The maximum absolute atomic E-state index is 11.0. The largest absolute Gasteiger partial charge is 0.481 e. The zero-order chi connectivity index (χ0) is 14.7. The maximum atomic E-state index is 11.0. The molecule has 0 bridgehead atoms. The molecule has 0 unspecified atom stereocenters. The second-order valence-electron chi connectivity index (χ2n) is 5.31. The number of rotatable bonds is 4. The van der Waals surface area contributed by atoms with E-state index in [0.717, 1.165) is 18.4 Å². The minimum Gasteiger partial charge on any atom is -0.481 e. The van der Waals surface area contributed by atoms with E-state index in [1.165, 1.54) is 0 Å². The number of nitrogens with one attached hydrogen (secondary N) is 1.